The van der Waals surface area contributed by atoms with Crippen molar-refractivity contribution in [3.05, 3.63) is 35.9 Å². The van der Waals surface area contributed by atoms with Crippen LogP contribution in [0.2, 0.25) is 0 Å². The second-order valence-corrected chi connectivity index (χ2v) is 8.07. The molecular formula is C20H31N3O. The Labute approximate surface area is 145 Å². The van der Waals surface area contributed by atoms with E-state index in [0.717, 1.165) is 33.0 Å². The molecule has 2 heterocycles. The predicted molar refractivity (Wildman–Crippen MR) is 96.9 cm³/mol. The maximum Gasteiger partial charge on any atom is 0.0507 e. The topological polar surface area (TPSA) is 36.5 Å². The number of nitrogens with zero attached hydrogens (tertiary/aromatic N) is 1. The van der Waals surface area contributed by atoms with E-state index >= 15 is 0 Å². The molecule has 1 unspecified atom stereocenters. The molecule has 1 aliphatic carbocycles. The molecule has 4 rings (SSSR count). The standard InChI is InChI=1S/C20H31N3O/c1-23(13-17-7-12-24-14-17)20(18-5-3-2-4-6-18)10-8-19(9-11-20)15-21-16-22-19/h2-6,17,21-22H,7-16H2,1H3/t17?,19-,20+. The number of ether oxygens (including phenoxy) is 1. The zero-order chi connectivity index (χ0) is 16.5. The van der Waals surface area contributed by atoms with Crippen molar-refractivity contribution in [2.24, 2.45) is 5.92 Å². The van der Waals surface area contributed by atoms with Gasteiger partial charge in [-0.2, -0.15) is 0 Å². The van der Waals surface area contributed by atoms with E-state index in [1.54, 1.807) is 0 Å². The molecule has 2 N–H and O–H groups in total. The summed E-state index contributed by atoms with van der Waals surface area (Å²) in [7, 11) is 2.34. The molecule has 4 heteroatoms. The predicted octanol–water partition coefficient (Wildman–Crippen LogP) is 2.31. The van der Waals surface area contributed by atoms with Crippen molar-refractivity contribution in [3.63, 3.8) is 0 Å². The van der Waals surface area contributed by atoms with E-state index in [2.05, 4.69) is 52.9 Å². The zero-order valence-electron chi connectivity index (χ0n) is 14.9. The summed E-state index contributed by atoms with van der Waals surface area (Å²) in [4.78, 5) is 2.65. The number of hydrogen-bond donors (Lipinski definition) is 2. The van der Waals surface area contributed by atoms with Gasteiger partial charge in [-0.05, 0) is 50.6 Å². The van der Waals surface area contributed by atoms with Gasteiger partial charge in [-0.3, -0.25) is 10.2 Å². The normalized spacial score (nSPS) is 36.7. The van der Waals surface area contributed by atoms with Gasteiger partial charge in [-0.1, -0.05) is 30.3 Å². The third kappa shape index (κ3) is 3.01. The Morgan fingerprint density at radius 3 is 2.58 bits per heavy atom. The summed E-state index contributed by atoms with van der Waals surface area (Å²) in [6.07, 6.45) is 6.18. The summed E-state index contributed by atoms with van der Waals surface area (Å²) in [5.41, 5.74) is 2.00. The Balaban J connectivity index is 1.56. The minimum Gasteiger partial charge on any atom is -0.381 e. The highest BCUT2D eigenvalue weighted by molar-refractivity contribution is 5.26. The van der Waals surface area contributed by atoms with Crippen LogP contribution in [0.15, 0.2) is 30.3 Å². The fraction of sp³-hybridized carbons (Fsp3) is 0.700. The lowest BCUT2D eigenvalue weighted by Crippen LogP contribution is -2.55. The van der Waals surface area contributed by atoms with Crippen LogP contribution in [0.5, 0.6) is 0 Å². The summed E-state index contributed by atoms with van der Waals surface area (Å²) >= 11 is 0. The lowest BCUT2D eigenvalue weighted by molar-refractivity contribution is 0.0311. The Kier molecular flexibility index (Phi) is 4.65. The van der Waals surface area contributed by atoms with E-state index in [4.69, 9.17) is 4.74 Å². The van der Waals surface area contributed by atoms with E-state index in [-0.39, 0.29) is 5.54 Å². The second-order valence-electron chi connectivity index (χ2n) is 8.07. The molecule has 1 saturated carbocycles. The van der Waals surface area contributed by atoms with E-state index < -0.39 is 0 Å². The van der Waals surface area contributed by atoms with Crippen LogP contribution in [-0.2, 0) is 10.3 Å². The highest BCUT2D eigenvalue weighted by Crippen LogP contribution is 2.45. The Hall–Kier alpha value is -0.940. The zero-order valence-corrected chi connectivity index (χ0v) is 14.9. The lowest BCUT2D eigenvalue weighted by atomic mass is 9.68. The van der Waals surface area contributed by atoms with Crippen molar-refractivity contribution in [2.75, 3.05) is 40.0 Å². The summed E-state index contributed by atoms with van der Waals surface area (Å²) in [5.74, 6) is 0.692. The summed E-state index contributed by atoms with van der Waals surface area (Å²) in [5, 5.41) is 7.22. The fourth-order valence-electron chi connectivity index (χ4n) is 5.04. The van der Waals surface area contributed by atoms with Crippen molar-refractivity contribution in [1.29, 1.82) is 0 Å². The Morgan fingerprint density at radius 2 is 1.96 bits per heavy atom. The highest BCUT2D eigenvalue weighted by Gasteiger charge is 2.47. The maximum absolute atomic E-state index is 5.62. The van der Waals surface area contributed by atoms with Crippen molar-refractivity contribution in [1.82, 2.24) is 15.5 Å². The third-order valence-electron chi connectivity index (χ3n) is 6.68. The number of rotatable bonds is 4. The fourth-order valence-corrected chi connectivity index (χ4v) is 5.04. The molecule has 0 aromatic heterocycles. The molecule has 1 aromatic carbocycles. The first-order valence-corrected chi connectivity index (χ1v) is 9.53. The molecule has 1 spiro atoms. The van der Waals surface area contributed by atoms with Gasteiger partial charge in [0.1, 0.15) is 0 Å². The van der Waals surface area contributed by atoms with E-state index in [9.17, 15) is 0 Å². The van der Waals surface area contributed by atoms with Crippen LogP contribution in [0.1, 0.15) is 37.7 Å². The maximum atomic E-state index is 5.62. The molecular weight excluding hydrogens is 298 g/mol. The lowest BCUT2D eigenvalue weighted by Gasteiger charge is -2.50. The van der Waals surface area contributed by atoms with E-state index in [0.29, 0.717) is 11.5 Å². The molecule has 3 aliphatic rings. The monoisotopic (exact) mass is 329 g/mol. The first-order chi connectivity index (χ1) is 11.7. The average molecular weight is 329 g/mol. The molecule has 0 radical (unpaired) electrons. The van der Waals surface area contributed by atoms with Gasteiger partial charge in [0.15, 0.2) is 0 Å². The van der Waals surface area contributed by atoms with Crippen molar-refractivity contribution < 1.29 is 4.74 Å². The molecule has 3 fully saturated rings. The molecule has 2 saturated heterocycles. The molecule has 1 aromatic rings. The van der Waals surface area contributed by atoms with Crippen LogP contribution in [0.25, 0.3) is 0 Å². The SMILES string of the molecule is CN(CC1CCOC1)[C@]1(c2ccccc2)CC[C@]2(CC1)CNCN2. The van der Waals surface area contributed by atoms with Crippen LogP contribution in [0.4, 0.5) is 0 Å². The van der Waals surface area contributed by atoms with Crippen LogP contribution >= 0.6 is 0 Å². The molecule has 4 nitrogen and oxygen atoms in total. The molecule has 1 atom stereocenters. The molecule has 0 bridgehead atoms. The molecule has 2 aliphatic heterocycles. The average Bonchev–Trinajstić information content (AvgIpc) is 3.29. The minimum atomic E-state index is 0.180. The van der Waals surface area contributed by atoms with Gasteiger partial charge < -0.3 is 10.1 Å². The van der Waals surface area contributed by atoms with Crippen molar-refractivity contribution in [3.8, 4) is 0 Å². The van der Waals surface area contributed by atoms with Gasteiger partial charge in [-0.25, -0.2) is 0 Å². The van der Waals surface area contributed by atoms with E-state index in [1.165, 1.54) is 37.7 Å². The first kappa shape index (κ1) is 16.5. The number of nitrogens with one attached hydrogen (secondary N) is 2. The highest BCUT2D eigenvalue weighted by atomic mass is 16.5. The minimum absolute atomic E-state index is 0.180. The summed E-state index contributed by atoms with van der Waals surface area (Å²) in [6.45, 7) is 5.11. The number of hydrogen-bond acceptors (Lipinski definition) is 4. The quantitative estimate of drug-likeness (QED) is 0.889. The third-order valence-corrected chi connectivity index (χ3v) is 6.68. The van der Waals surface area contributed by atoms with Crippen molar-refractivity contribution >= 4 is 0 Å². The van der Waals surface area contributed by atoms with Gasteiger partial charge in [0.05, 0.1) is 6.61 Å². The largest absolute Gasteiger partial charge is 0.381 e. The first-order valence-electron chi connectivity index (χ1n) is 9.53. The van der Waals surface area contributed by atoms with Gasteiger partial charge >= 0.3 is 0 Å². The van der Waals surface area contributed by atoms with Crippen molar-refractivity contribution in [2.45, 2.75) is 43.2 Å². The Bertz CT molecular complexity index is 525. The van der Waals surface area contributed by atoms with Gasteiger partial charge in [-0.15, -0.1) is 0 Å². The van der Waals surface area contributed by atoms with Crippen LogP contribution in [0, 0.1) is 5.92 Å². The van der Waals surface area contributed by atoms with Gasteiger partial charge in [0, 0.05) is 37.4 Å². The summed E-state index contributed by atoms with van der Waals surface area (Å²) in [6, 6.07) is 11.2. The summed E-state index contributed by atoms with van der Waals surface area (Å²) < 4.78 is 5.62. The number of benzene rings is 1. The molecule has 132 valence electrons. The van der Waals surface area contributed by atoms with Gasteiger partial charge in [0.2, 0.25) is 0 Å². The van der Waals surface area contributed by atoms with Crippen LogP contribution < -0.4 is 10.6 Å². The second kappa shape index (κ2) is 6.75. The van der Waals surface area contributed by atoms with E-state index in [1.807, 2.05) is 0 Å². The molecule has 24 heavy (non-hydrogen) atoms. The smallest absolute Gasteiger partial charge is 0.0507 e. The Morgan fingerprint density at radius 1 is 1.17 bits per heavy atom. The van der Waals surface area contributed by atoms with Gasteiger partial charge in [0.25, 0.3) is 0 Å². The van der Waals surface area contributed by atoms with Crippen LogP contribution in [0.3, 0.4) is 0 Å². The molecule has 0 amide bonds. The van der Waals surface area contributed by atoms with Crippen LogP contribution in [-0.4, -0.2) is 50.5 Å².